The third-order valence-electron chi connectivity index (χ3n) is 3.52. The van der Waals surface area contributed by atoms with Crippen LogP contribution in [0.3, 0.4) is 0 Å². The molecule has 2 rings (SSSR count). The molecule has 124 valence electrons. The number of primary amides is 1. The molecule has 2 amide bonds. The smallest absolute Gasteiger partial charge is 0.248 e. The molecule has 0 heterocycles. The Kier molecular flexibility index (Phi) is 6.28. The fraction of sp³-hybridized carbons (Fsp3) is 0.158. The van der Waals surface area contributed by atoms with Gasteiger partial charge in [-0.25, -0.2) is 0 Å². The van der Waals surface area contributed by atoms with Gasteiger partial charge in [0.05, 0.1) is 6.10 Å². The number of nitrogens with one attached hydrogen (secondary N) is 1. The molecule has 2 aromatic carbocycles. The van der Waals surface area contributed by atoms with E-state index in [1.807, 2.05) is 30.3 Å². The highest BCUT2D eigenvalue weighted by atomic mass is 16.3. The Hall–Kier alpha value is -2.92. The van der Waals surface area contributed by atoms with Crippen LogP contribution in [0.2, 0.25) is 0 Å². The van der Waals surface area contributed by atoms with Crippen molar-refractivity contribution in [1.82, 2.24) is 5.32 Å². The lowest BCUT2D eigenvalue weighted by Crippen LogP contribution is -2.23. The Bertz CT molecular complexity index is 709. The molecule has 2 aromatic rings. The molecule has 24 heavy (non-hydrogen) atoms. The number of rotatable bonds is 7. The number of benzene rings is 2. The Labute approximate surface area is 140 Å². The van der Waals surface area contributed by atoms with E-state index in [0.717, 1.165) is 11.1 Å². The number of aliphatic hydroxyl groups is 1. The molecule has 5 heteroatoms. The lowest BCUT2D eigenvalue weighted by atomic mass is 10.1. The first kappa shape index (κ1) is 17.4. The highest BCUT2D eigenvalue weighted by Crippen LogP contribution is 2.14. The van der Waals surface area contributed by atoms with Crippen LogP contribution in [0.15, 0.2) is 60.7 Å². The van der Waals surface area contributed by atoms with E-state index in [4.69, 9.17) is 5.73 Å². The predicted molar refractivity (Wildman–Crippen MR) is 93.0 cm³/mol. The lowest BCUT2D eigenvalue weighted by molar-refractivity contribution is -0.116. The van der Waals surface area contributed by atoms with Crippen LogP contribution in [0.4, 0.5) is 0 Å². The first-order chi connectivity index (χ1) is 11.6. The van der Waals surface area contributed by atoms with Crippen molar-refractivity contribution in [2.24, 2.45) is 5.73 Å². The number of carbonyl (C=O) groups is 2. The zero-order valence-electron chi connectivity index (χ0n) is 13.2. The molecule has 0 aliphatic carbocycles. The Morgan fingerprint density at radius 3 is 2.38 bits per heavy atom. The average molecular weight is 324 g/mol. The third-order valence-corrected chi connectivity index (χ3v) is 3.52. The van der Waals surface area contributed by atoms with Crippen LogP contribution in [0, 0.1) is 0 Å². The second-order valence-corrected chi connectivity index (χ2v) is 5.33. The van der Waals surface area contributed by atoms with Gasteiger partial charge in [-0.3, -0.25) is 9.59 Å². The van der Waals surface area contributed by atoms with Gasteiger partial charge in [-0.15, -0.1) is 0 Å². The molecule has 0 spiro atoms. The normalized spacial score (nSPS) is 12.0. The van der Waals surface area contributed by atoms with Gasteiger partial charge in [0.2, 0.25) is 11.8 Å². The van der Waals surface area contributed by atoms with E-state index in [1.165, 1.54) is 6.08 Å². The van der Waals surface area contributed by atoms with Crippen LogP contribution >= 0.6 is 0 Å². The summed E-state index contributed by atoms with van der Waals surface area (Å²) in [5.74, 6) is -0.727. The van der Waals surface area contributed by atoms with Gasteiger partial charge in [-0.05, 0) is 35.8 Å². The summed E-state index contributed by atoms with van der Waals surface area (Å²) in [6.45, 7) is 0.375. The van der Waals surface area contributed by atoms with Gasteiger partial charge >= 0.3 is 0 Å². The molecule has 0 aliphatic heterocycles. The monoisotopic (exact) mass is 324 g/mol. The van der Waals surface area contributed by atoms with E-state index in [1.54, 1.807) is 30.3 Å². The van der Waals surface area contributed by atoms with E-state index in [2.05, 4.69) is 5.32 Å². The summed E-state index contributed by atoms with van der Waals surface area (Å²) in [5.41, 5.74) is 7.21. The van der Waals surface area contributed by atoms with Gasteiger partial charge in [-0.2, -0.15) is 0 Å². The molecule has 0 fully saturated rings. The van der Waals surface area contributed by atoms with Crippen molar-refractivity contribution in [2.75, 3.05) is 6.54 Å². The summed E-state index contributed by atoms with van der Waals surface area (Å²) in [4.78, 5) is 22.7. The van der Waals surface area contributed by atoms with Crippen LogP contribution in [-0.4, -0.2) is 23.5 Å². The molecule has 0 bridgehead atoms. The molecular formula is C19H20N2O3. The van der Waals surface area contributed by atoms with Crippen molar-refractivity contribution in [3.8, 4) is 0 Å². The summed E-state index contributed by atoms with van der Waals surface area (Å²) in [6, 6.07) is 16.0. The summed E-state index contributed by atoms with van der Waals surface area (Å²) >= 11 is 0. The maximum Gasteiger partial charge on any atom is 0.248 e. The molecule has 0 saturated heterocycles. The molecule has 0 aromatic heterocycles. The zero-order chi connectivity index (χ0) is 17.4. The Balaban J connectivity index is 1.77. The first-order valence-corrected chi connectivity index (χ1v) is 7.65. The van der Waals surface area contributed by atoms with E-state index < -0.39 is 12.0 Å². The fourth-order valence-electron chi connectivity index (χ4n) is 2.16. The Morgan fingerprint density at radius 2 is 1.75 bits per heavy atom. The molecule has 4 N–H and O–H groups in total. The lowest BCUT2D eigenvalue weighted by Gasteiger charge is -2.10. The number of amides is 2. The minimum Gasteiger partial charge on any atom is -0.388 e. The summed E-state index contributed by atoms with van der Waals surface area (Å²) in [7, 11) is 0. The second kappa shape index (κ2) is 8.64. The number of carbonyl (C=O) groups excluding carboxylic acids is 2. The van der Waals surface area contributed by atoms with Crippen molar-refractivity contribution in [3.05, 3.63) is 77.4 Å². The Morgan fingerprint density at radius 1 is 1.08 bits per heavy atom. The minimum absolute atomic E-state index is 0.241. The predicted octanol–water partition coefficient (Wildman–Crippen LogP) is 2.04. The van der Waals surface area contributed by atoms with Crippen LogP contribution in [-0.2, 0) is 4.79 Å². The number of hydrogen-bond donors (Lipinski definition) is 3. The van der Waals surface area contributed by atoms with E-state index in [-0.39, 0.29) is 5.91 Å². The summed E-state index contributed by atoms with van der Waals surface area (Å²) < 4.78 is 0. The van der Waals surface area contributed by atoms with Crippen molar-refractivity contribution in [2.45, 2.75) is 12.5 Å². The van der Waals surface area contributed by atoms with E-state index in [0.29, 0.717) is 18.5 Å². The standard InChI is InChI=1S/C19H20N2O3/c20-19(24)16-9-6-14(7-10-16)8-11-18(23)21-13-12-17(22)15-4-2-1-3-5-15/h1-11,17,22H,12-13H2,(H2,20,24)(H,21,23). The van der Waals surface area contributed by atoms with Gasteiger partial charge in [0.1, 0.15) is 0 Å². The highest BCUT2D eigenvalue weighted by Gasteiger charge is 2.06. The zero-order valence-corrected chi connectivity index (χ0v) is 13.2. The van der Waals surface area contributed by atoms with Crippen LogP contribution < -0.4 is 11.1 Å². The number of aliphatic hydroxyl groups excluding tert-OH is 1. The maximum atomic E-state index is 11.8. The minimum atomic E-state index is -0.600. The molecule has 0 saturated carbocycles. The summed E-state index contributed by atoms with van der Waals surface area (Å²) in [5, 5.41) is 12.7. The third kappa shape index (κ3) is 5.37. The number of nitrogens with two attached hydrogens (primary N) is 1. The largest absolute Gasteiger partial charge is 0.388 e. The second-order valence-electron chi connectivity index (χ2n) is 5.33. The molecule has 1 atom stereocenters. The molecule has 5 nitrogen and oxygen atoms in total. The molecule has 0 aliphatic rings. The topological polar surface area (TPSA) is 92.4 Å². The SMILES string of the molecule is NC(=O)c1ccc(C=CC(=O)NCCC(O)c2ccccc2)cc1. The quantitative estimate of drug-likeness (QED) is 0.681. The average Bonchev–Trinajstić information content (AvgIpc) is 2.61. The highest BCUT2D eigenvalue weighted by molar-refractivity contribution is 5.94. The molecular weight excluding hydrogens is 304 g/mol. The molecule has 0 radical (unpaired) electrons. The van der Waals surface area contributed by atoms with Crippen molar-refractivity contribution in [1.29, 1.82) is 0 Å². The summed E-state index contributed by atoms with van der Waals surface area (Å²) in [6.07, 6.45) is 2.90. The van der Waals surface area contributed by atoms with Crippen molar-refractivity contribution < 1.29 is 14.7 Å². The fourth-order valence-corrected chi connectivity index (χ4v) is 2.16. The van der Waals surface area contributed by atoms with Crippen LogP contribution in [0.25, 0.3) is 6.08 Å². The van der Waals surface area contributed by atoms with Gasteiger partial charge in [0, 0.05) is 18.2 Å². The van der Waals surface area contributed by atoms with Crippen LogP contribution in [0.5, 0.6) is 0 Å². The van der Waals surface area contributed by atoms with Crippen molar-refractivity contribution in [3.63, 3.8) is 0 Å². The molecule has 1 unspecified atom stereocenters. The van der Waals surface area contributed by atoms with Gasteiger partial charge in [0.15, 0.2) is 0 Å². The van der Waals surface area contributed by atoms with Crippen molar-refractivity contribution >= 4 is 17.9 Å². The van der Waals surface area contributed by atoms with Gasteiger partial charge < -0.3 is 16.2 Å². The van der Waals surface area contributed by atoms with E-state index in [9.17, 15) is 14.7 Å². The number of hydrogen-bond acceptors (Lipinski definition) is 3. The maximum absolute atomic E-state index is 11.8. The van der Waals surface area contributed by atoms with Crippen LogP contribution in [0.1, 0.15) is 34.0 Å². The first-order valence-electron chi connectivity index (χ1n) is 7.65. The van der Waals surface area contributed by atoms with E-state index >= 15 is 0 Å². The van der Waals surface area contributed by atoms with Gasteiger partial charge in [0.25, 0.3) is 0 Å². The van der Waals surface area contributed by atoms with Gasteiger partial charge in [-0.1, -0.05) is 42.5 Å².